The zero-order chi connectivity index (χ0) is 20.3. The molecule has 0 amide bonds. The first-order chi connectivity index (χ1) is 12.9. The summed E-state index contributed by atoms with van der Waals surface area (Å²) in [6.07, 6.45) is 2.34. The highest BCUT2D eigenvalue weighted by Crippen LogP contribution is 2.24. The van der Waals surface area contributed by atoms with Gasteiger partial charge in [0.15, 0.2) is 5.96 Å². The van der Waals surface area contributed by atoms with Crippen molar-refractivity contribution in [3.8, 4) is 5.75 Å². The van der Waals surface area contributed by atoms with E-state index in [0.29, 0.717) is 6.04 Å². The smallest absolute Gasteiger partial charge is 0.191 e. The van der Waals surface area contributed by atoms with Gasteiger partial charge in [-0.3, -0.25) is 4.99 Å². The molecule has 0 spiro atoms. The van der Waals surface area contributed by atoms with Crippen molar-refractivity contribution < 1.29 is 4.74 Å². The van der Waals surface area contributed by atoms with Crippen LogP contribution in [0.1, 0.15) is 53.0 Å². The summed E-state index contributed by atoms with van der Waals surface area (Å²) in [4.78, 5) is 6.86. The number of benzene rings is 1. The van der Waals surface area contributed by atoms with E-state index >= 15 is 0 Å². The molecular weight excluding hydrogens is 463 g/mol. The number of hydrogen-bond donors (Lipinski definition) is 2. The van der Waals surface area contributed by atoms with Gasteiger partial charge in [0, 0.05) is 25.0 Å². The zero-order valence-corrected chi connectivity index (χ0v) is 21.2. The highest BCUT2D eigenvalue weighted by Gasteiger charge is 2.21. The van der Waals surface area contributed by atoms with Crippen LogP contribution < -0.4 is 15.4 Å². The van der Waals surface area contributed by atoms with Crippen LogP contribution in [0.5, 0.6) is 5.75 Å². The summed E-state index contributed by atoms with van der Waals surface area (Å²) < 4.78 is 5.25. The largest absolute Gasteiger partial charge is 0.497 e. The lowest BCUT2D eigenvalue weighted by Crippen LogP contribution is -2.46. The molecule has 0 saturated carbocycles. The van der Waals surface area contributed by atoms with E-state index in [4.69, 9.17) is 4.74 Å². The Labute approximate surface area is 189 Å². The molecule has 2 N–H and O–H groups in total. The Kier molecular flexibility index (Phi) is 13.5. The normalized spacial score (nSPS) is 13.1. The van der Waals surface area contributed by atoms with E-state index in [9.17, 15) is 0 Å². The standard InChI is InChI=1S/C22H40N4O.HI/c1-8-26(9-2)16-10-11-18(3)25-21(23-6)24-17-22(4,5)19-12-14-20(27-7)15-13-19;/h12-15,18H,8-11,16-17H2,1-7H3,(H2,23,24,25);1H. The maximum Gasteiger partial charge on any atom is 0.191 e. The van der Waals surface area contributed by atoms with Crippen LogP contribution in [0.3, 0.4) is 0 Å². The first-order valence-corrected chi connectivity index (χ1v) is 10.2. The molecule has 1 aromatic rings. The highest BCUT2D eigenvalue weighted by molar-refractivity contribution is 14.0. The van der Waals surface area contributed by atoms with E-state index in [2.05, 4.69) is 67.3 Å². The summed E-state index contributed by atoms with van der Waals surface area (Å²) in [6.45, 7) is 15.4. The zero-order valence-electron chi connectivity index (χ0n) is 18.8. The van der Waals surface area contributed by atoms with Gasteiger partial charge in [-0.15, -0.1) is 24.0 Å². The van der Waals surface area contributed by atoms with Crippen LogP contribution in [0, 0.1) is 0 Å². The quantitative estimate of drug-likeness (QED) is 0.269. The molecule has 0 heterocycles. The first-order valence-electron chi connectivity index (χ1n) is 10.2. The molecular formula is C22H41IN4O. The second-order valence-corrected chi connectivity index (χ2v) is 7.75. The lowest BCUT2D eigenvalue weighted by atomic mass is 9.84. The van der Waals surface area contributed by atoms with Gasteiger partial charge in [0.2, 0.25) is 0 Å². The fourth-order valence-electron chi connectivity index (χ4n) is 3.11. The average Bonchev–Trinajstić information content (AvgIpc) is 2.68. The maximum atomic E-state index is 5.25. The average molecular weight is 505 g/mol. The molecule has 162 valence electrons. The molecule has 5 nitrogen and oxygen atoms in total. The molecule has 0 radical (unpaired) electrons. The monoisotopic (exact) mass is 504 g/mol. The van der Waals surface area contributed by atoms with Gasteiger partial charge in [-0.05, 0) is 57.1 Å². The van der Waals surface area contributed by atoms with Crippen LogP contribution in [0.15, 0.2) is 29.3 Å². The van der Waals surface area contributed by atoms with Crippen molar-refractivity contribution in [3.05, 3.63) is 29.8 Å². The Morgan fingerprint density at radius 2 is 1.79 bits per heavy atom. The Bertz CT molecular complexity index is 556. The summed E-state index contributed by atoms with van der Waals surface area (Å²) in [7, 11) is 3.53. The van der Waals surface area contributed by atoms with Gasteiger partial charge in [0.25, 0.3) is 0 Å². The van der Waals surface area contributed by atoms with Crippen molar-refractivity contribution in [2.45, 2.75) is 58.9 Å². The number of guanidine groups is 1. The number of methoxy groups -OCH3 is 1. The van der Waals surface area contributed by atoms with Gasteiger partial charge in [0.1, 0.15) is 5.75 Å². The van der Waals surface area contributed by atoms with E-state index in [1.165, 1.54) is 12.0 Å². The molecule has 0 saturated heterocycles. The molecule has 1 rings (SSSR count). The van der Waals surface area contributed by atoms with Crippen molar-refractivity contribution in [2.75, 3.05) is 40.3 Å². The molecule has 28 heavy (non-hydrogen) atoms. The van der Waals surface area contributed by atoms with Crippen LogP contribution in [0.25, 0.3) is 0 Å². The fourth-order valence-corrected chi connectivity index (χ4v) is 3.11. The number of rotatable bonds is 11. The van der Waals surface area contributed by atoms with E-state index in [1.54, 1.807) is 7.11 Å². The van der Waals surface area contributed by atoms with Crippen molar-refractivity contribution in [1.29, 1.82) is 0 Å². The number of halogens is 1. The van der Waals surface area contributed by atoms with Gasteiger partial charge >= 0.3 is 0 Å². The molecule has 0 aliphatic carbocycles. The van der Waals surface area contributed by atoms with E-state index < -0.39 is 0 Å². The first kappa shape index (κ1) is 27.0. The predicted molar refractivity (Wildman–Crippen MR) is 132 cm³/mol. The minimum absolute atomic E-state index is 0. The second kappa shape index (κ2) is 14.0. The number of aliphatic imine (C=N–C) groups is 1. The molecule has 1 atom stereocenters. The SMILES string of the molecule is CCN(CC)CCCC(C)NC(=NC)NCC(C)(C)c1ccc(OC)cc1.I. The molecule has 1 aromatic carbocycles. The van der Waals surface area contributed by atoms with Crippen molar-refractivity contribution in [3.63, 3.8) is 0 Å². The molecule has 0 bridgehead atoms. The lowest BCUT2D eigenvalue weighted by molar-refractivity contribution is 0.292. The fraction of sp³-hybridized carbons (Fsp3) is 0.682. The molecule has 0 aliphatic rings. The van der Waals surface area contributed by atoms with Gasteiger partial charge < -0.3 is 20.3 Å². The van der Waals surface area contributed by atoms with Crippen LogP contribution in [0.4, 0.5) is 0 Å². The predicted octanol–water partition coefficient (Wildman–Crippen LogP) is 4.27. The summed E-state index contributed by atoms with van der Waals surface area (Å²) in [5, 5.41) is 7.01. The third kappa shape index (κ3) is 9.45. The molecule has 1 unspecified atom stereocenters. The third-order valence-electron chi connectivity index (χ3n) is 5.18. The highest BCUT2D eigenvalue weighted by atomic mass is 127. The summed E-state index contributed by atoms with van der Waals surface area (Å²) >= 11 is 0. The van der Waals surface area contributed by atoms with Crippen LogP contribution >= 0.6 is 24.0 Å². The molecule has 0 fully saturated rings. The minimum atomic E-state index is -0.00408. The Morgan fingerprint density at radius 1 is 1.18 bits per heavy atom. The van der Waals surface area contributed by atoms with Gasteiger partial charge in [-0.2, -0.15) is 0 Å². The Morgan fingerprint density at radius 3 is 2.29 bits per heavy atom. The summed E-state index contributed by atoms with van der Waals surface area (Å²) in [6, 6.07) is 8.69. The van der Waals surface area contributed by atoms with E-state index in [1.807, 2.05) is 19.2 Å². The summed E-state index contributed by atoms with van der Waals surface area (Å²) in [5.74, 6) is 1.76. The molecule has 0 aromatic heterocycles. The number of nitrogens with one attached hydrogen (secondary N) is 2. The molecule has 0 aliphatic heterocycles. The third-order valence-corrected chi connectivity index (χ3v) is 5.18. The summed E-state index contributed by atoms with van der Waals surface area (Å²) in [5.41, 5.74) is 1.27. The van der Waals surface area contributed by atoms with Crippen LogP contribution in [-0.2, 0) is 5.41 Å². The van der Waals surface area contributed by atoms with E-state index in [-0.39, 0.29) is 29.4 Å². The van der Waals surface area contributed by atoms with Crippen molar-refractivity contribution >= 4 is 29.9 Å². The maximum absolute atomic E-state index is 5.25. The number of nitrogens with zero attached hydrogens (tertiary/aromatic N) is 2. The van der Waals surface area contributed by atoms with Crippen LogP contribution in [-0.4, -0.2) is 57.2 Å². The number of hydrogen-bond acceptors (Lipinski definition) is 3. The topological polar surface area (TPSA) is 48.9 Å². The van der Waals surface area contributed by atoms with Crippen molar-refractivity contribution in [2.24, 2.45) is 4.99 Å². The second-order valence-electron chi connectivity index (χ2n) is 7.75. The van der Waals surface area contributed by atoms with Crippen LogP contribution in [0.2, 0.25) is 0 Å². The van der Waals surface area contributed by atoms with Crippen molar-refractivity contribution in [1.82, 2.24) is 15.5 Å². The Balaban J connectivity index is 0.00000729. The Hall–Kier alpha value is -1.02. The van der Waals surface area contributed by atoms with Gasteiger partial charge in [0.05, 0.1) is 7.11 Å². The van der Waals surface area contributed by atoms with E-state index in [0.717, 1.165) is 44.3 Å². The lowest BCUT2D eigenvalue weighted by Gasteiger charge is -2.28. The van der Waals surface area contributed by atoms with Gasteiger partial charge in [-0.25, -0.2) is 0 Å². The minimum Gasteiger partial charge on any atom is -0.497 e. The molecule has 6 heteroatoms. The van der Waals surface area contributed by atoms with Gasteiger partial charge in [-0.1, -0.05) is 39.8 Å². The number of ether oxygens (including phenoxy) is 1.